The number of thiazole rings is 1. The van der Waals surface area contributed by atoms with E-state index in [1.807, 2.05) is 56.3 Å². The summed E-state index contributed by atoms with van der Waals surface area (Å²) in [5.41, 5.74) is 2.32. The van der Waals surface area contributed by atoms with Crippen LogP contribution in [0, 0.1) is 0 Å². The Morgan fingerprint density at radius 3 is 2.44 bits per heavy atom. The fourth-order valence-electron chi connectivity index (χ4n) is 5.64. The topological polar surface area (TPSA) is 97.6 Å². The van der Waals surface area contributed by atoms with Gasteiger partial charge in [-0.3, -0.25) is 9.36 Å². The van der Waals surface area contributed by atoms with Crippen molar-refractivity contribution < 1.29 is 28.5 Å². The minimum Gasteiger partial charge on any atom is -0.493 e. The summed E-state index contributed by atoms with van der Waals surface area (Å²) < 4.78 is 31.3. The van der Waals surface area contributed by atoms with Crippen LogP contribution >= 0.6 is 27.3 Å². The molecule has 246 valence electrons. The molecule has 0 bridgehead atoms. The van der Waals surface area contributed by atoms with E-state index in [4.69, 9.17) is 23.7 Å². The van der Waals surface area contributed by atoms with Crippen molar-refractivity contribution in [2.75, 3.05) is 27.4 Å². The molecule has 0 saturated carbocycles. The van der Waals surface area contributed by atoms with Gasteiger partial charge >= 0.3 is 5.97 Å². The van der Waals surface area contributed by atoms with Gasteiger partial charge < -0.3 is 23.7 Å². The van der Waals surface area contributed by atoms with Gasteiger partial charge in [0.1, 0.15) is 6.61 Å². The van der Waals surface area contributed by atoms with Crippen molar-refractivity contribution in [2.45, 2.75) is 26.5 Å². The lowest BCUT2D eigenvalue weighted by atomic mass is 9.97. The Morgan fingerprint density at radius 2 is 1.67 bits per heavy atom. The second-order valence-corrected chi connectivity index (χ2v) is 12.6. The Hall–Kier alpha value is -4.87. The van der Waals surface area contributed by atoms with Crippen LogP contribution < -0.4 is 33.8 Å². The van der Waals surface area contributed by atoms with Crippen LogP contribution in [0.3, 0.4) is 0 Å². The van der Waals surface area contributed by atoms with Crippen molar-refractivity contribution in [1.82, 2.24) is 4.57 Å². The number of carbonyl (C=O) groups excluding carboxylic acids is 1. The van der Waals surface area contributed by atoms with Crippen LogP contribution in [0.2, 0.25) is 0 Å². The number of methoxy groups -OCH3 is 2. The van der Waals surface area contributed by atoms with Crippen LogP contribution in [0.25, 0.3) is 16.8 Å². The van der Waals surface area contributed by atoms with E-state index in [1.165, 1.54) is 29.2 Å². The highest BCUT2D eigenvalue weighted by Gasteiger charge is 2.31. The third-order valence-corrected chi connectivity index (χ3v) is 9.52. The summed E-state index contributed by atoms with van der Waals surface area (Å²) in [5.74, 6) is 1.57. The molecule has 1 aliphatic rings. The second kappa shape index (κ2) is 14.5. The zero-order valence-electron chi connectivity index (χ0n) is 26.8. The van der Waals surface area contributed by atoms with Crippen molar-refractivity contribution in [3.8, 4) is 23.0 Å². The summed E-state index contributed by atoms with van der Waals surface area (Å²) in [6, 6.07) is 22.5. The monoisotopic (exact) mass is 728 g/mol. The Kier molecular flexibility index (Phi) is 9.98. The standard InChI is InChI=1S/C37H33BrN2O7S/c1-5-45-29-15-14-23(16-31(29)46-6-2)34-27(36(42)44-4)20-39-37-40(34)35(41)33(48-37)18-25-17-30(43-3)32(19-28(25)38)47-21-24-12-9-11-22-10-7-8-13-26(22)24/h7-20,34H,5-6,21H2,1-4H3/b33-18-/t34-/m1/s1. The number of benzene rings is 4. The fourth-order valence-corrected chi connectivity index (χ4v) is 7.03. The number of halogens is 1. The zero-order chi connectivity index (χ0) is 33.8. The first-order valence-corrected chi connectivity index (χ1v) is 16.9. The largest absolute Gasteiger partial charge is 0.493 e. The average Bonchev–Trinajstić information content (AvgIpc) is 3.42. The molecule has 2 heterocycles. The van der Waals surface area contributed by atoms with Crippen LogP contribution in [0.1, 0.15) is 36.6 Å². The molecule has 4 aromatic carbocycles. The molecular formula is C37H33BrN2O7S. The lowest BCUT2D eigenvalue weighted by Gasteiger charge is -2.23. The first-order valence-electron chi connectivity index (χ1n) is 15.3. The lowest BCUT2D eigenvalue weighted by molar-refractivity contribution is -0.136. The average molecular weight is 730 g/mol. The second-order valence-electron chi connectivity index (χ2n) is 10.7. The van der Waals surface area contributed by atoms with Crippen molar-refractivity contribution in [2.24, 2.45) is 4.99 Å². The van der Waals surface area contributed by atoms with Crippen molar-refractivity contribution in [3.63, 3.8) is 0 Å². The molecule has 9 nitrogen and oxygen atoms in total. The molecule has 0 aliphatic carbocycles. The van der Waals surface area contributed by atoms with Gasteiger partial charge in [-0.1, -0.05) is 75.8 Å². The zero-order valence-corrected chi connectivity index (χ0v) is 29.2. The van der Waals surface area contributed by atoms with Gasteiger partial charge in [-0.25, -0.2) is 9.79 Å². The molecule has 5 aromatic rings. The number of nitrogens with zero attached hydrogens (tertiary/aromatic N) is 2. The molecule has 48 heavy (non-hydrogen) atoms. The first-order chi connectivity index (χ1) is 23.4. The lowest BCUT2D eigenvalue weighted by Crippen LogP contribution is -2.39. The molecule has 0 amide bonds. The molecule has 6 rings (SSSR count). The number of hydrogen-bond acceptors (Lipinski definition) is 9. The van der Waals surface area contributed by atoms with Crippen molar-refractivity contribution in [3.05, 3.63) is 125 Å². The third kappa shape index (κ3) is 6.48. The summed E-state index contributed by atoms with van der Waals surface area (Å²) in [6.45, 7) is 4.99. The van der Waals surface area contributed by atoms with Gasteiger partial charge in [-0.2, -0.15) is 0 Å². The molecule has 1 aliphatic heterocycles. The molecule has 0 spiro atoms. The van der Waals surface area contributed by atoms with Gasteiger partial charge in [-0.05, 0) is 71.7 Å². The van der Waals surface area contributed by atoms with Crippen LogP contribution in [0.4, 0.5) is 0 Å². The molecule has 11 heteroatoms. The Balaban J connectivity index is 1.38. The van der Waals surface area contributed by atoms with Gasteiger partial charge in [0.05, 0.1) is 43.6 Å². The van der Waals surface area contributed by atoms with E-state index in [0.717, 1.165) is 16.3 Å². The predicted molar refractivity (Wildman–Crippen MR) is 189 cm³/mol. The Labute approximate surface area is 289 Å². The van der Waals surface area contributed by atoms with Crippen LogP contribution in [0.5, 0.6) is 23.0 Å². The number of esters is 1. The molecule has 0 unspecified atom stereocenters. The summed E-state index contributed by atoms with van der Waals surface area (Å²) in [5, 5.41) is 2.26. The number of fused-ring (bicyclic) bond motifs is 2. The van der Waals surface area contributed by atoms with Crippen LogP contribution in [-0.2, 0) is 16.1 Å². The summed E-state index contributed by atoms with van der Waals surface area (Å²) in [7, 11) is 2.88. The highest BCUT2D eigenvalue weighted by atomic mass is 79.9. The minimum atomic E-state index is -0.798. The number of rotatable bonds is 11. The van der Waals surface area contributed by atoms with Crippen molar-refractivity contribution in [1.29, 1.82) is 0 Å². The first kappa shape index (κ1) is 33.0. The van der Waals surface area contributed by atoms with Gasteiger partial charge in [0.2, 0.25) is 0 Å². The van der Waals surface area contributed by atoms with Crippen LogP contribution in [0.15, 0.2) is 98.8 Å². The smallest absolute Gasteiger partial charge is 0.337 e. The predicted octanol–water partition coefficient (Wildman–Crippen LogP) is 6.32. The maximum atomic E-state index is 14.1. The SMILES string of the molecule is CCOc1ccc([C@@H]2C(C(=O)OC)=CN=c3s/c(=C\c4cc(OC)c(OCc5cccc6ccccc56)cc4Br)c(=O)n32)cc1OCC. The normalized spacial score (nSPS) is 14.1. The summed E-state index contributed by atoms with van der Waals surface area (Å²) in [4.78, 5) is 32.0. The molecular weight excluding hydrogens is 696 g/mol. The van der Waals surface area contributed by atoms with E-state index in [0.29, 0.717) is 67.8 Å². The molecule has 0 saturated heterocycles. The Bertz CT molecular complexity index is 2220. The number of carbonyl (C=O) groups is 1. The van der Waals surface area contributed by atoms with E-state index >= 15 is 0 Å². The highest BCUT2D eigenvalue weighted by Crippen LogP contribution is 2.36. The molecule has 0 fully saturated rings. The van der Waals surface area contributed by atoms with E-state index < -0.39 is 12.0 Å². The van der Waals surface area contributed by atoms with E-state index in [9.17, 15) is 9.59 Å². The van der Waals surface area contributed by atoms with Gasteiger partial charge in [0, 0.05) is 10.7 Å². The van der Waals surface area contributed by atoms with Crippen LogP contribution in [-0.4, -0.2) is 38.0 Å². The summed E-state index contributed by atoms with van der Waals surface area (Å²) >= 11 is 4.89. The third-order valence-electron chi connectivity index (χ3n) is 7.84. The van der Waals surface area contributed by atoms with Gasteiger partial charge in [0.25, 0.3) is 5.56 Å². The number of aromatic nitrogens is 1. The maximum absolute atomic E-state index is 14.1. The molecule has 1 atom stereocenters. The van der Waals surface area contributed by atoms with Crippen molar-refractivity contribution >= 4 is 50.1 Å². The maximum Gasteiger partial charge on any atom is 0.337 e. The number of ether oxygens (including phenoxy) is 5. The van der Waals surface area contributed by atoms with Gasteiger partial charge in [0.15, 0.2) is 27.8 Å². The minimum absolute atomic E-state index is 0.221. The van der Waals surface area contributed by atoms with E-state index in [2.05, 4.69) is 39.1 Å². The molecule has 0 N–H and O–H groups in total. The Morgan fingerprint density at radius 1 is 0.917 bits per heavy atom. The molecule has 1 aromatic heterocycles. The quantitative estimate of drug-likeness (QED) is 0.147. The highest BCUT2D eigenvalue weighted by molar-refractivity contribution is 9.10. The fraction of sp³-hybridized carbons (Fsp3) is 0.216. The van der Waals surface area contributed by atoms with Gasteiger partial charge in [-0.15, -0.1) is 0 Å². The molecule has 0 radical (unpaired) electrons. The van der Waals surface area contributed by atoms with E-state index in [1.54, 1.807) is 25.3 Å². The summed E-state index contributed by atoms with van der Waals surface area (Å²) in [6.07, 6.45) is 3.23. The van der Waals surface area contributed by atoms with E-state index in [-0.39, 0.29) is 11.1 Å². The number of hydrogen-bond donors (Lipinski definition) is 0.